The second-order valence-electron chi connectivity index (χ2n) is 11.2. The van der Waals surface area contributed by atoms with Gasteiger partial charge >= 0.3 is 6.09 Å². The van der Waals surface area contributed by atoms with E-state index in [4.69, 9.17) is 4.74 Å². The molecule has 2 fully saturated rings. The molecule has 2 heterocycles. The molecule has 2 saturated heterocycles. The van der Waals surface area contributed by atoms with Crippen LogP contribution in [0.3, 0.4) is 0 Å². The van der Waals surface area contributed by atoms with Gasteiger partial charge < -0.3 is 13.8 Å². The van der Waals surface area contributed by atoms with Crippen LogP contribution in [-0.2, 0) is 26.4 Å². The molecule has 228 valence electrons. The van der Waals surface area contributed by atoms with Gasteiger partial charge in [-0.1, -0.05) is 83.7 Å². The van der Waals surface area contributed by atoms with Crippen molar-refractivity contribution in [3.05, 3.63) is 35.9 Å². The van der Waals surface area contributed by atoms with Gasteiger partial charge in [-0.25, -0.2) is 17.5 Å². The highest BCUT2D eigenvalue weighted by molar-refractivity contribution is 7.84. The summed E-state index contributed by atoms with van der Waals surface area (Å²) < 4.78 is 39.8. The van der Waals surface area contributed by atoms with E-state index in [0.717, 1.165) is 5.56 Å². The summed E-state index contributed by atoms with van der Waals surface area (Å²) in [6.07, 6.45) is 11.3. The van der Waals surface area contributed by atoms with Crippen molar-refractivity contribution in [3.63, 3.8) is 0 Å². The summed E-state index contributed by atoms with van der Waals surface area (Å²) >= 11 is 0. The van der Waals surface area contributed by atoms with Crippen molar-refractivity contribution >= 4 is 22.3 Å². The lowest BCUT2D eigenvalue weighted by molar-refractivity contribution is -0.929. The first-order valence-electron chi connectivity index (χ1n) is 15.2. The topological polar surface area (TPSA) is 107 Å². The van der Waals surface area contributed by atoms with Crippen molar-refractivity contribution < 1.29 is 31.8 Å². The van der Waals surface area contributed by atoms with Gasteiger partial charge in [-0.05, 0) is 44.1 Å². The Morgan fingerprint density at radius 1 is 0.925 bits per heavy atom. The number of benzene rings is 1. The molecule has 0 radical (unpaired) electrons. The Morgan fingerprint density at radius 2 is 1.43 bits per heavy atom. The monoisotopic (exact) mass is 581 g/mol. The molecule has 0 aromatic heterocycles. The van der Waals surface area contributed by atoms with Crippen LogP contribution in [0.2, 0.25) is 0 Å². The Morgan fingerprint density at radius 3 is 1.85 bits per heavy atom. The second-order valence-corrected chi connectivity index (χ2v) is 12.5. The lowest BCUT2D eigenvalue weighted by Gasteiger charge is -2.50. The first-order chi connectivity index (χ1) is 19.1. The number of hydrogen-bond donors (Lipinski definition) is 0. The van der Waals surface area contributed by atoms with Crippen LogP contribution in [0.25, 0.3) is 0 Å². The molecule has 2 aliphatic heterocycles. The van der Waals surface area contributed by atoms with Gasteiger partial charge in [0.1, 0.15) is 12.1 Å². The van der Waals surface area contributed by atoms with Gasteiger partial charge in [0.05, 0.1) is 32.7 Å². The van der Waals surface area contributed by atoms with Gasteiger partial charge in [0.15, 0.2) is 10.3 Å². The van der Waals surface area contributed by atoms with Crippen LogP contribution in [-0.4, -0.2) is 83.5 Å². The minimum absolute atomic E-state index is 0.0595. The molecule has 40 heavy (non-hydrogen) atoms. The van der Waals surface area contributed by atoms with Crippen LogP contribution in [0, 0.1) is 0 Å². The van der Waals surface area contributed by atoms with E-state index in [9.17, 15) is 22.6 Å². The summed E-state index contributed by atoms with van der Waals surface area (Å²) in [6, 6.07) is 9.06. The normalized spacial score (nSPS) is 18.9. The number of nitrogens with zero attached hydrogens (tertiary/aromatic N) is 3. The minimum atomic E-state index is -4.83. The van der Waals surface area contributed by atoms with Gasteiger partial charge in [0, 0.05) is 6.54 Å². The highest BCUT2D eigenvalue weighted by Gasteiger charge is 2.62. The Hall–Kier alpha value is -2.17. The Kier molecular flexibility index (Phi) is 13.9. The maximum absolute atomic E-state index is 12.2. The molecule has 1 unspecified atom stereocenters. The molecular weight excluding hydrogens is 530 g/mol. The van der Waals surface area contributed by atoms with Gasteiger partial charge in [-0.3, -0.25) is 9.69 Å². The molecule has 2 aliphatic rings. The quantitative estimate of drug-likeness (QED) is 0.155. The molecule has 2 amide bonds. The van der Waals surface area contributed by atoms with Crippen LogP contribution in [0.15, 0.2) is 30.3 Å². The zero-order valence-electron chi connectivity index (χ0n) is 25.1. The largest absolute Gasteiger partial charge is 0.731 e. The van der Waals surface area contributed by atoms with Crippen molar-refractivity contribution in [1.29, 1.82) is 0 Å². The van der Waals surface area contributed by atoms with E-state index in [2.05, 4.69) is 27.7 Å². The van der Waals surface area contributed by atoms with E-state index in [-0.39, 0.29) is 17.5 Å². The van der Waals surface area contributed by atoms with Crippen LogP contribution in [0.1, 0.15) is 97.5 Å². The fourth-order valence-corrected chi connectivity index (χ4v) is 6.42. The number of carbonyl (C=O) groups excluding carboxylic acids is 2. The van der Waals surface area contributed by atoms with E-state index < -0.39 is 27.8 Å². The number of amides is 2. The third-order valence-electron chi connectivity index (χ3n) is 8.16. The van der Waals surface area contributed by atoms with Crippen LogP contribution >= 0.6 is 0 Å². The fourth-order valence-electron chi connectivity index (χ4n) is 5.67. The SMILES string of the molecule is CCCC[N+](CCCC)(CCCC)CCCC.O=C(OCc1ccccc1)N1CCCC12CN(S(=O)(=O)[O-])C2=O. The summed E-state index contributed by atoms with van der Waals surface area (Å²) in [5.41, 5.74) is -0.441. The number of β-lactam (4-membered cyclic amide) rings is 1. The summed E-state index contributed by atoms with van der Waals surface area (Å²) in [4.78, 5) is 25.6. The number of rotatable bonds is 15. The average molecular weight is 582 g/mol. The summed E-state index contributed by atoms with van der Waals surface area (Å²) in [5.74, 6) is -0.846. The fraction of sp³-hybridized carbons (Fsp3) is 0.733. The summed E-state index contributed by atoms with van der Waals surface area (Å²) in [6.45, 7) is 15.1. The van der Waals surface area contributed by atoms with Crippen molar-refractivity contribution in [1.82, 2.24) is 9.21 Å². The van der Waals surface area contributed by atoms with E-state index in [0.29, 0.717) is 19.4 Å². The van der Waals surface area contributed by atoms with E-state index in [1.807, 2.05) is 18.2 Å². The van der Waals surface area contributed by atoms with Gasteiger partial charge in [0.2, 0.25) is 0 Å². The van der Waals surface area contributed by atoms with Crippen LogP contribution in [0.5, 0.6) is 0 Å². The molecule has 0 aliphatic carbocycles. The number of likely N-dealkylation sites (tertiary alicyclic amines) is 1. The standard InChI is InChI=1S/C16H36N.C14H16N2O6S/c1-5-9-13-17(14-10-6-2,15-11-7-3)16-12-8-4;17-12-14(10-16(12)23(19,20)21)7-4-8-15(14)13(18)22-9-11-5-2-1-3-6-11/h5-16H2,1-4H3;1-3,5-6H,4,7-10H2,(H,19,20,21)/q+1;/p-1. The third-order valence-corrected chi connectivity index (χ3v) is 8.99. The molecule has 0 N–H and O–H groups in total. The lowest BCUT2D eigenvalue weighted by Crippen LogP contribution is -2.73. The van der Waals surface area contributed by atoms with Crippen molar-refractivity contribution in [2.24, 2.45) is 0 Å². The minimum Gasteiger partial charge on any atom is -0.731 e. The third kappa shape index (κ3) is 9.17. The number of ether oxygens (including phenoxy) is 1. The Balaban J connectivity index is 0.000000296. The molecule has 1 spiro atoms. The average Bonchev–Trinajstić information content (AvgIpc) is 3.41. The number of carbonyl (C=O) groups is 2. The maximum Gasteiger partial charge on any atom is 0.411 e. The smallest absolute Gasteiger partial charge is 0.411 e. The van der Waals surface area contributed by atoms with Crippen LogP contribution in [0.4, 0.5) is 4.79 Å². The van der Waals surface area contributed by atoms with Crippen molar-refractivity contribution in [3.8, 4) is 0 Å². The lowest BCUT2D eigenvalue weighted by atomic mass is 9.88. The number of quaternary nitrogens is 1. The second kappa shape index (κ2) is 16.3. The predicted molar refractivity (Wildman–Crippen MR) is 156 cm³/mol. The van der Waals surface area contributed by atoms with Crippen LogP contribution < -0.4 is 0 Å². The predicted octanol–water partition coefficient (Wildman–Crippen LogP) is 5.46. The highest BCUT2D eigenvalue weighted by Crippen LogP contribution is 2.40. The molecule has 3 rings (SSSR count). The number of unbranched alkanes of at least 4 members (excludes halogenated alkanes) is 4. The zero-order valence-corrected chi connectivity index (χ0v) is 25.9. The number of hydrogen-bond acceptors (Lipinski definition) is 6. The Labute approximate surface area is 242 Å². The molecule has 0 bridgehead atoms. The Bertz CT molecular complexity index is 982. The van der Waals surface area contributed by atoms with E-state index in [1.165, 1.54) is 86.9 Å². The zero-order chi connectivity index (χ0) is 29.7. The van der Waals surface area contributed by atoms with Gasteiger partial charge in [0.25, 0.3) is 5.91 Å². The molecule has 9 nitrogen and oxygen atoms in total. The first-order valence-corrected chi connectivity index (χ1v) is 16.6. The highest BCUT2D eigenvalue weighted by atomic mass is 32.2. The van der Waals surface area contributed by atoms with E-state index >= 15 is 0 Å². The van der Waals surface area contributed by atoms with Crippen molar-refractivity contribution in [2.75, 3.05) is 39.3 Å². The summed E-state index contributed by atoms with van der Waals surface area (Å²) in [7, 11) is -4.83. The molecule has 0 saturated carbocycles. The van der Waals surface area contributed by atoms with Crippen molar-refractivity contribution in [2.45, 2.75) is 104 Å². The van der Waals surface area contributed by atoms with Gasteiger partial charge in [-0.15, -0.1) is 0 Å². The van der Waals surface area contributed by atoms with Gasteiger partial charge in [-0.2, -0.15) is 0 Å². The molecule has 10 heteroatoms. The maximum atomic E-state index is 12.2. The summed E-state index contributed by atoms with van der Waals surface area (Å²) in [5, 5.41) is 0. The molecule has 1 atom stereocenters. The molecule has 1 aromatic carbocycles. The van der Waals surface area contributed by atoms with E-state index in [1.54, 1.807) is 12.1 Å². The molecule has 1 aromatic rings. The molecular formula is C30H51N3O6S. The first kappa shape index (κ1) is 34.0.